The van der Waals surface area contributed by atoms with E-state index in [0.29, 0.717) is 17.3 Å². The summed E-state index contributed by atoms with van der Waals surface area (Å²) >= 11 is 0. The molecule has 1 aromatic carbocycles. The Kier molecular flexibility index (Phi) is 3.27. The van der Waals surface area contributed by atoms with Gasteiger partial charge in [-0.1, -0.05) is 6.07 Å². The van der Waals surface area contributed by atoms with Crippen molar-refractivity contribution in [1.82, 2.24) is 15.0 Å². The molecule has 1 aliphatic heterocycles. The fourth-order valence-electron chi connectivity index (χ4n) is 2.58. The van der Waals surface area contributed by atoms with Crippen LogP contribution in [0.3, 0.4) is 0 Å². The highest BCUT2D eigenvalue weighted by Crippen LogP contribution is 2.36. The number of hydrogen-bond acceptors (Lipinski definition) is 6. The van der Waals surface area contributed by atoms with Crippen LogP contribution < -0.4 is 5.46 Å². The molecule has 7 heteroatoms. The van der Waals surface area contributed by atoms with Gasteiger partial charge < -0.3 is 13.7 Å². The highest BCUT2D eigenvalue weighted by Gasteiger charge is 2.51. The minimum atomic E-state index is -0.424. The van der Waals surface area contributed by atoms with Crippen LogP contribution in [0.4, 0.5) is 0 Å². The minimum absolute atomic E-state index is 0.376. The molecule has 3 heterocycles. The maximum absolute atomic E-state index is 6.09. The van der Waals surface area contributed by atoms with Crippen molar-refractivity contribution in [2.75, 3.05) is 0 Å². The molecule has 0 saturated carbocycles. The summed E-state index contributed by atoms with van der Waals surface area (Å²) in [5, 5.41) is 0. The summed E-state index contributed by atoms with van der Waals surface area (Å²) in [5.74, 6) is 0.863. The Labute approximate surface area is 140 Å². The molecule has 1 fully saturated rings. The minimum Gasteiger partial charge on any atom is -0.434 e. The smallest absolute Gasteiger partial charge is 0.434 e. The number of oxazole rings is 1. The second kappa shape index (κ2) is 5.12. The lowest BCUT2D eigenvalue weighted by Crippen LogP contribution is -2.41. The molecule has 3 aromatic rings. The molecule has 1 saturated heterocycles. The number of nitrogens with zero attached hydrogens (tertiary/aromatic N) is 3. The van der Waals surface area contributed by atoms with Crippen molar-refractivity contribution in [3.05, 3.63) is 36.7 Å². The molecule has 0 aliphatic carbocycles. The molecule has 0 unspecified atom stereocenters. The Morgan fingerprint density at radius 2 is 1.62 bits per heavy atom. The molecular weight excluding hydrogens is 305 g/mol. The Morgan fingerprint density at radius 1 is 0.958 bits per heavy atom. The fourth-order valence-corrected chi connectivity index (χ4v) is 2.58. The summed E-state index contributed by atoms with van der Waals surface area (Å²) < 4.78 is 17.9. The standard InChI is InChI=1S/C17H18BN3O3/c1-16(2)17(3,4)24-18(23-16)11-6-7-13-12(10-11)21-15(22-13)14-19-8-5-9-20-14/h5-10H,1-4H3. The van der Waals surface area contributed by atoms with Crippen molar-refractivity contribution >= 4 is 23.7 Å². The molecule has 0 radical (unpaired) electrons. The van der Waals surface area contributed by atoms with E-state index in [0.717, 1.165) is 11.0 Å². The van der Waals surface area contributed by atoms with Crippen LogP contribution in [0.15, 0.2) is 41.1 Å². The SMILES string of the molecule is CC1(C)OB(c2ccc3oc(-c4ncccn4)nc3c2)OC1(C)C. The summed E-state index contributed by atoms with van der Waals surface area (Å²) in [6.45, 7) is 8.14. The zero-order chi connectivity index (χ0) is 16.9. The summed E-state index contributed by atoms with van der Waals surface area (Å²) in [6, 6.07) is 7.48. The van der Waals surface area contributed by atoms with Crippen LogP contribution in [0.5, 0.6) is 0 Å². The third-order valence-corrected chi connectivity index (χ3v) is 4.69. The number of fused-ring (bicyclic) bond motifs is 1. The Morgan fingerprint density at radius 3 is 2.29 bits per heavy atom. The first-order valence-electron chi connectivity index (χ1n) is 7.89. The van der Waals surface area contributed by atoms with Crippen molar-refractivity contribution < 1.29 is 13.7 Å². The van der Waals surface area contributed by atoms with Gasteiger partial charge in [0.1, 0.15) is 5.52 Å². The summed E-state index contributed by atoms with van der Waals surface area (Å²) in [7, 11) is -0.424. The van der Waals surface area contributed by atoms with E-state index >= 15 is 0 Å². The van der Waals surface area contributed by atoms with Gasteiger partial charge >= 0.3 is 7.12 Å². The van der Waals surface area contributed by atoms with E-state index in [2.05, 4.69) is 15.0 Å². The first-order chi connectivity index (χ1) is 11.4. The van der Waals surface area contributed by atoms with Gasteiger partial charge in [0.25, 0.3) is 5.89 Å². The topological polar surface area (TPSA) is 70.3 Å². The predicted molar refractivity (Wildman–Crippen MR) is 90.8 cm³/mol. The first kappa shape index (κ1) is 15.3. The molecule has 122 valence electrons. The average molecular weight is 323 g/mol. The van der Waals surface area contributed by atoms with Gasteiger partial charge in [0.15, 0.2) is 5.58 Å². The average Bonchev–Trinajstić information content (AvgIpc) is 3.06. The highest BCUT2D eigenvalue weighted by molar-refractivity contribution is 6.62. The Balaban J connectivity index is 1.70. The van der Waals surface area contributed by atoms with Crippen molar-refractivity contribution in [3.63, 3.8) is 0 Å². The Hall–Kier alpha value is -2.25. The molecule has 4 rings (SSSR count). The van der Waals surface area contributed by atoms with Crippen molar-refractivity contribution in [1.29, 1.82) is 0 Å². The molecule has 0 amide bonds. The largest absolute Gasteiger partial charge is 0.494 e. The molecular formula is C17H18BN3O3. The lowest BCUT2D eigenvalue weighted by molar-refractivity contribution is 0.00578. The summed E-state index contributed by atoms with van der Waals surface area (Å²) in [4.78, 5) is 12.8. The van der Waals surface area contributed by atoms with Gasteiger partial charge in [0.05, 0.1) is 11.2 Å². The molecule has 0 atom stereocenters. The van der Waals surface area contributed by atoms with E-state index in [9.17, 15) is 0 Å². The molecule has 0 spiro atoms. The highest BCUT2D eigenvalue weighted by atomic mass is 16.7. The van der Waals surface area contributed by atoms with E-state index in [4.69, 9.17) is 13.7 Å². The number of benzene rings is 1. The number of hydrogen-bond donors (Lipinski definition) is 0. The van der Waals surface area contributed by atoms with Gasteiger partial charge in [-0.2, -0.15) is 0 Å². The second-order valence-corrected chi connectivity index (χ2v) is 6.91. The molecule has 6 nitrogen and oxygen atoms in total. The summed E-state index contributed by atoms with van der Waals surface area (Å²) in [5.41, 5.74) is 1.57. The summed E-state index contributed by atoms with van der Waals surface area (Å²) in [6.07, 6.45) is 3.32. The van der Waals surface area contributed by atoms with Crippen molar-refractivity contribution in [2.24, 2.45) is 0 Å². The molecule has 24 heavy (non-hydrogen) atoms. The van der Waals surface area contributed by atoms with Crippen molar-refractivity contribution in [2.45, 2.75) is 38.9 Å². The van der Waals surface area contributed by atoms with Crippen LogP contribution in [0.25, 0.3) is 22.8 Å². The molecule has 2 aromatic heterocycles. The van der Waals surface area contributed by atoms with E-state index in [1.54, 1.807) is 18.5 Å². The van der Waals surface area contributed by atoms with Gasteiger partial charge in [-0.3, -0.25) is 0 Å². The van der Waals surface area contributed by atoms with Gasteiger partial charge in [-0.25, -0.2) is 15.0 Å². The fraction of sp³-hybridized carbons (Fsp3) is 0.353. The number of aromatic nitrogens is 3. The van der Waals surface area contributed by atoms with Crippen LogP contribution in [0.1, 0.15) is 27.7 Å². The Bertz CT molecular complexity index is 876. The van der Waals surface area contributed by atoms with Crippen LogP contribution >= 0.6 is 0 Å². The monoisotopic (exact) mass is 323 g/mol. The lowest BCUT2D eigenvalue weighted by atomic mass is 9.79. The zero-order valence-corrected chi connectivity index (χ0v) is 14.1. The predicted octanol–water partition coefficient (Wildman–Crippen LogP) is 2.58. The van der Waals surface area contributed by atoms with Gasteiger partial charge in [0.2, 0.25) is 5.82 Å². The maximum atomic E-state index is 6.09. The number of rotatable bonds is 2. The lowest BCUT2D eigenvalue weighted by Gasteiger charge is -2.32. The van der Waals surface area contributed by atoms with Gasteiger partial charge in [-0.15, -0.1) is 0 Å². The van der Waals surface area contributed by atoms with Crippen LogP contribution in [0.2, 0.25) is 0 Å². The molecule has 0 N–H and O–H groups in total. The normalized spacial score (nSPS) is 19.1. The first-order valence-corrected chi connectivity index (χ1v) is 7.89. The van der Waals surface area contributed by atoms with Gasteiger partial charge in [-0.05, 0) is 51.4 Å². The van der Waals surface area contributed by atoms with Crippen LogP contribution in [0, 0.1) is 0 Å². The molecule has 1 aliphatic rings. The van der Waals surface area contributed by atoms with E-state index < -0.39 is 7.12 Å². The molecule has 0 bridgehead atoms. The van der Waals surface area contributed by atoms with Gasteiger partial charge in [0, 0.05) is 12.4 Å². The van der Waals surface area contributed by atoms with Crippen LogP contribution in [-0.4, -0.2) is 33.3 Å². The second-order valence-electron chi connectivity index (χ2n) is 6.91. The van der Waals surface area contributed by atoms with E-state index in [1.165, 1.54) is 0 Å². The quantitative estimate of drug-likeness (QED) is 0.675. The zero-order valence-electron chi connectivity index (χ0n) is 14.1. The maximum Gasteiger partial charge on any atom is 0.494 e. The van der Waals surface area contributed by atoms with E-state index in [1.807, 2.05) is 45.9 Å². The van der Waals surface area contributed by atoms with E-state index in [-0.39, 0.29) is 11.2 Å². The third-order valence-electron chi connectivity index (χ3n) is 4.69. The van der Waals surface area contributed by atoms with Crippen LogP contribution in [-0.2, 0) is 9.31 Å². The third kappa shape index (κ3) is 2.40. The van der Waals surface area contributed by atoms with Crippen molar-refractivity contribution in [3.8, 4) is 11.7 Å².